The summed E-state index contributed by atoms with van der Waals surface area (Å²) in [6.45, 7) is 3.10. The van der Waals surface area contributed by atoms with E-state index < -0.39 is 0 Å². The van der Waals surface area contributed by atoms with Crippen molar-refractivity contribution >= 4 is 17.9 Å². The van der Waals surface area contributed by atoms with Gasteiger partial charge in [0.2, 0.25) is 0 Å². The van der Waals surface area contributed by atoms with Gasteiger partial charge in [0.05, 0.1) is 18.8 Å². The van der Waals surface area contributed by atoms with Gasteiger partial charge in [-0.15, -0.1) is 0 Å². The van der Waals surface area contributed by atoms with E-state index in [-0.39, 0.29) is 55.5 Å². The third-order valence-electron chi connectivity index (χ3n) is 10.2. The van der Waals surface area contributed by atoms with Crippen molar-refractivity contribution in [3.8, 4) is 0 Å². The van der Waals surface area contributed by atoms with Crippen molar-refractivity contribution in [3.05, 3.63) is 24.3 Å². The van der Waals surface area contributed by atoms with Crippen LogP contribution >= 0.6 is 0 Å². The minimum atomic E-state index is -0.364. The van der Waals surface area contributed by atoms with E-state index in [1.54, 1.807) is 0 Å². The molecule has 4 fully saturated rings. The molecule has 262 valence electrons. The zero-order chi connectivity index (χ0) is 33.0. The van der Waals surface area contributed by atoms with E-state index in [0.29, 0.717) is 19.4 Å². The van der Waals surface area contributed by atoms with E-state index in [0.717, 1.165) is 69.1 Å². The van der Waals surface area contributed by atoms with Crippen LogP contribution in [0.2, 0.25) is 0 Å². The van der Waals surface area contributed by atoms with Crippen LogP contribution in [0.15, 0.2) is 24.3 Å². The van der Waals surface area contributed by atoms with Gasteiger partial charge >= 0.3 is 17.9 Å². The lowest BCUT2D eigenvalue weighted by Crippen LogP contribution is -2.47. The highest BCUT2D eigenvalue weighted by atomic mass is 16.6. The van der Waals surface area contributed by atoms with Crippen LogP contribution in [0.5, 0.6) is 0 Å². The molecule has 4 bridgehead atoms. The van der Waals surface area contributed by atoms with Crippen LogP contribution in [0.1, 0.15) is 135 Å². The number of hydrogen-bond donors (Lipinski definition) is 0. The highest BCUT2D eigenvalue weighted by Crippen LogP contribution is 2.61. The molecule has 1 atom stereocenters. The first kappa shape index (κ1) is 38.3. The Morgan fingerprint density at radius 3 is 1.74 bits per heavy atom. The highest BCUT2D eigenvalue weighted by molar-refractivity contribution is 5.71. The minimum absolute atomic E-state index is 0.0773. The standard InChI is InChI=1S/C39H65NO6/c1-4-5-6-7-8-9-10-11-12-13-14-15-16-17-18-19-36(41)44-29-35(30-45-37(42)20-21-40(2)3)31-46-38(43)28-39-25-32-22-33(26-39)24-34(23-32)27-39/h8-9,11-12,32-35H,4-7,10,13-31H2,1-3H3/b9-8-,12-11-. The van der Waals surface area contributed by atoms with Crippen molar-refractivity contribution in [1.82, 2.24) is 4.90 Å². The fourth-order valence-corrected chi connectivity index (χ4v) is 8.18. The lowest BCUT2D eigenvalue weighted by molar-refractivity contribution is -0.157. The summed E-state index contributed by atoms with van der Waals surface area (Å²) in [5.74, 6) is 1.29. The molecule has 0 spiro atoms. The van der Waals surface area contributed by atoms with E-state index in [1.807, 2.05) is 19.0 Å². The Morgan fingerprint density at radius 2 is 1.17 bits per heavy atom. The van der Waals surface area contributed by atoms with Gasteiger partial charge in [0.1, 0.15) is 19.8 Å². The molecule has 4 aliphatic rings. The van der Waals surface area contributed by atoms with E-state index in [4.69, 9.17) is 14.2 Å². The smallest absolute Gasteiger partial charge is 0.307 e. The zero-order valence-corrected chi connectivity index (χ0v) is 29.5. The lowest BCUT2D eigenvalue weighted by atomic mass is 9.49. The highest BCUT2D eigenvalue weighted by Gasteiger charge is 2.51. The molecule has 0 aromatic rings. The van der Waals surface area contributed by atoms with Crippen LogP contribution in [0.4, 0.5) is 0 Å². The quantitative estimate of drug-likeness (QED) is 0.0426. The van der Waals surface area contributed by atoms with Crippen molar-refractivity contribution in [3.63, 3.8) is 0 Å². The predicted octanol–water partition coefficient (Wildman–Crippen LogP) is 8.60. The Kier molecular flexibility index (Phi) is 18.0. The van der Waals surface area contributed by atoms with Crippen molar-refractivity contribution in [1.29, 1.82) is 0 Å². The third-order valence-corrected chi connectivity index (χ3v) is 10.2. The molecule has 0 saturated heterocycles. The first-order valence-corrected chi connectivity index (χ1v) is 18.7. The fourth-order valence-electron chi connectivity index (χ4n) is 8.18. The number of ether oxygens (including phenoxy) is 3. The van der Waals surface area contributed by atoms with Gasteiger partial charge < -0.3 is 19.1 Å². The second-order valence-corrected chi connectivity index (χ2v) is 15.0. The normalized spacial score (nSPS) is 24.2. The van der Waals surface area contributed by atoms with Gasteiger partial charge in [0.25, 0.3) is 0 Å². The monoisotopic (exact) mass is 643 g/mol. The molecule has 4 saturated carbocycles. The first-order chi connectivity index (χ1) is 22.3. The number of carbonyl (C=O) groups is 3. The molecule has 0 aromatic carbocycles. The van der Waals surface area contributed by atoms with Crippen LogP contribution in [0, 0.1) is 29.1 Å². The fraction of sp³-hybridized carbons (Fsp3) is 0.821. The van der Waals surface area contributed by atoms with E-state index >= 15 is 0 Å². The average molecular weight is 644 g/mol. The second-order valence-electron chi connectivity index (χ2n) is 15.0. The largest absolute Gasteiger partial charge is 0.465 e. The van der Waals surface area contributed by atoms with Gasteiger partial charge in [-0.05, 0) is 114 Å². The van der Waals surface area contributed by atoms with E-state index in [1.165, 1.54) is 57.8 Å². The number of nitrogens with zero attached hydrogens (tertiary/aromatic N) is 1. The summed E-state index contributed by atoms with van der Waals surface area (Å²) in [6.07, 6.45) is 30.3. The van der Waals surface area contributed by atoms with Gasteiger partial charge in [0, 0.05) is 13.0 Å². The molecule has 0 heterocycles. The predicted molar refractivity (Wildman–Crippen MR) is 184 cm³/mol. The number of allylic oxidation sites excluding steroid dienone is 4. The SMILES string of the molecule is CCCCC/C=C\C/C=C\CCCCCCCC(=O)OCC(COC(=O)CCN(C)C)COC(=O)CC12CC3CC(CC(C3)C1)C2. The number of rotatable bonds is 25. The Balaban J connectivity index is 1.29. The maximum absolute atomic E-state index is 13.0. The summed E-state index contributed by atoms with van der Waals surface area (Å²) in [5, 5.41) is 0. The van der Waals surface area contributed by atoms with Crippen molar-refractivity contribution < 1.29 is 28.6 Å². The van der Waals surface area contributed by atoms with Crippen LogP contribution in [-0.4, -0.2) is 63.3 Å². The van der Waals surface area contributed by atoms with Gasteiger partial charge in [-0.1, -0.05) is 63.3 Å². The van der Waals surface area contributed by atoms with Gasteiger partial charge in [-0.25, -0.2) is 0 Å². The number of esters is 3. The van der Waals surface area contributed by atoms with Crippen molar-refractivity contribution in [2.75, 3.05) is 40.5 Å². The van der Waals surface area contributed by atoms with Gasteiger partial charge in [0.15, 0.2) is 0 Å². The van der Waals surface area contributed by atoms with Crippen LogP contribution in [0.3, 0.4) is 0 Å². The zero-order valence-electron chi connectivity index (χ0n) is 29.5. The van der Waals surface area contributed by atoms with Crippen LogP contribution in [0.25, 0.3) is 0 Å². The Morgan fingerprint density at radius 1 is 0.674 bits per heavy atom. The third kappa shape index (κ3) is 15.6. The van der Waals surface area contributed by atoms with Crippen LogP contribution < -0.4 is 0 Å². The number of carbonyl (C=O) groups excluding carboxylic acids is 3. The summed E-state index contributed by atoms with van der Waals surface area (Å²) in [4.78, 5) is 39.7. The van der Waals surface area contributed by atoms with Crippen molar-refractivity contribution in [2.45, 2.75) is 135 Å². The Bertz CT molecular complexity index is 921. The molecule has 46 heavy (non-hydrogen) atoms. The molecule has 1 unspecified atom stereocenters. The summed E-state index contributed by atoms with van der Waals surface area (Å²) >= 11 is 0. The Labute approximate surface area is 280 Å². The molecule has 0 N–H and O–H groups in total. The topological polar surface area (TPSA) is 82.1 Å². The molecule has 0 aromatic heterocycles. The van der Waals surface area contributed by atoms with Gasteiger partial charge in [-0.3, -0.25) is 14.4 Å². The molecule has 7 heteroatoms. The van der Waals surface area contributed by atoms with E-state index in [9.17, 15) is 14.4 Å². The lowest BCUT2D eigenvalue weighted by Gasteiger charge is -2.56. The maximum atomic E-state index is 13.0. The molecule has 0 amide bonds. The Hall–Kier alpha value is -2.15. The minimum Gasteiger partial charge on any atom is -0.465 e. The van der Waals surface area contributed by atoms with Crippen molar-refractivity contribution in [2.24, 2.45) is 29.1 Å². The molecule has 7 nitrogen and oxygen atoms in total. The molecule has 0 aliphatic heterocycles. The molecule has 0 radical (unpaired) electrons. The van der Waals surface area contributed by atoms with Gasteiger partial charge in [-0.2, -0.15) is 0 Å². The number of unbranched alkanes of at least 4 members (excludes halogenated alkanes) is 8. The summed E-state index contributed by atoms with van der Waals surface area (Å²) in [6, 6.07) is 0. The molecule has 4 rings (SSSR count). The second kappa shape index (κ2) is 21.7. The molecular formula is C39H65NO6. The summed E-state index contributed by atoms with van der Waals surface area (Å²) in [7, 11) is 3.82. The molecular weight excluding hydrogens is 578 g/mol. The van der Waals surface area contributed by atoms with Crippen LogP contribution in [-0.2, 0) is 28.6 Å². The first-order valence-electron chi connectivity index (χ1n) is 18.7. The summed E-state index contributed by atoms with van der Waals surface area (Å²) in [5.41, 5.74) is 0.119. The molecule has 4 aliphatic carbocycles. The average Bonchev–Trinajstić information content (AvgIpc) is 3.00. The van der Waals surface area contributed by atoms with E-state index in [2.05, 4.69) is 31.2 Å². The number of hydrogen-bond acceptors (Lipinski definition) is 7. The summed E-state index contributed by atoms with van der Waals surface area (Å²) < 4.78 is 16.8. The maximum Gasteiger partial charge on any atom is 0.307 e.